The number of likely N-dealkylation sites (tertiary alicyclic amines) is 1. The van der Waals surface area contributed by atoms with Gasteiger partial charge in [0.1, 0.15) is 0 Å². The molecule has 1 N–H and O–H groups in total. The maximum atomic E-state index is 11.2. The molecule has 4 aliphatic carbocycles. The Morgan fingerprint density at radius 2 is 2.04 bits per heavy atom. The first-order valence-electron chi connectivity index (χ1n) is 11.0. The Kier molecular flexibility index (Phi) is 4.06. The van der Waals surface area contributed by atoms with E-state index < -0.39 is 5.60 Å². The van der Waals surface area contributed by atoms with Gasteiger partial charge >= 0.3 is 0 Å². The molecular weight excluding hydrogens is 332 g/mol. The Bertz CT molecular complexity index is 779. The molecule has 0 radical (unpaired) electrons. The second-order valence-corrected chi connectivity index (χ2v) is 9.77. The van der Waals surface area contributed by atoms with E-state index in [1.807, 2.05) is 0 Å². The first-order valence-corrected chi connectivity index (χ1v) is 11.0. The standard InChI is InChI=1S/C24H32N2O/c1-23-10-8-20-19-7-5-18(26-14-2-3-15-26)16-17(19)4-6-21(20)22(23)9-11-24(23,27)12-13-25/h8,16,21-22,27H,2-7,9-12,14-15H2,1H3/t21-,22+,23+,24-/m1/s1. The van der Waals surface area contributed by atoms with Crippen molar-refractivity contribution in [1.82, 2.24) is 4.90 Å². The van der Waals surface area contributed by atoms with Gasteiger partial charge in [-0.3, -0.25) is 0 Å². The van der Waals surface area contributed by atoms with E-state index in [1.54, 1.807) is 22.4 Å². The molecule has 0 aromatic rings. The van der Waals surface area contributed by atoms with Crippen LogP contribution < -0.4 is 0 Å². The van der Waals surface area contributed by atoms with Crippen LogP contribution in [-0.4, -0.2) is 28.7 Å². The van der Waals surface area contributed by atoms with E-state index in [2.05, 4.69) is 30.0 Å². The number of rotatable bonds is 2. The number of nitrogens with zero attached hydrogens (tertiary/aromatic N) is 2. The van der Waals surface area contributed by atoms with Gasteiger partial charge in [0.05, 0.1) is 18.1 Å². The van der Waals surface area contributed by atoms with Crippen molar-refractivity contribution in [3.63, 3.8) is 0 Å². The minimum atomic E-state index is -0.793. The second-order valence-electron chi connectivity index (χ2n) is 9.77. The minimum absolute atomic E-state index is 0.125. The predicted molar refractivity (Wildman–Crippen MR) is 107 cm³/mol. The molecule has 1 saturated heterocycles. The van der Waals surface area contributed by atoms with Crippen LogP contribution in [0.4, 0.5) is 0 Å². The molecule has 1 saturated carbocycles. The van der Waals surface area contributed by atoms with Gasteiger partial charge in [-0.1, -0.05) is 13.0 Å². The smallest absolute Gasteiger partial charge is 0.0836 e. The molecule has 2 fully saturated rings. The number of nitriles is 1. The Morgan fingerprint density at radius 3 is 2.81 bits per heavy atom. The summed E-state index contributed by atoms with van der Waals surface area (Å²) in [6.07, 6.45) is 15.6. The van der Waals surface area contributed by atoms with Gasteiger partial charge in [-0.15, -0.1) is 0 Å². The molecule has 0 amide bonds. The van der Waals surface area contributed by atoms with E-state index >= 15 is 0 Å². The summed E-state index contributed by atoms with van der Waals surface area (Å²) in [4.78, 5) is 2.61. The molecule has 3 nitrogen and oxygen atoms in total. The van der Waals surface area contributed by atoms with Crippen LogP contribution in [0.2, 0.25) is 0 Å². The van der Waals surface area contributed by atoms with Gasteiger partial charge in [0.25, 0.3) is 0 Å². The summed E-state index contributed by atoms with van der Waals surface area (Å²) < 4.78 is 0. The maximum Gasteiger partial charge on any atom is 0.0836 e. The summed E-state index contributed by atoms with van der Waals surface area (Å²) in [6.45, 7) is 4.75. The van der Waals surface area contributed by atoms with Crippen LogP contribution in [0.1, 0.15) is 71.1 Å². The van der Waals surface area contributed by atoms with Gasteiger partial charge < -0.3 is 10.0 Å². The molecule has 0 aromatic carbocycles. The lowest BCUT2D eigenvalue weighted by atomic mass is 9.56. The molecule has 0 unspecified atom stereocenters. The summed E-state index contributed by atoms with van der Waals surface area (Å²) in [6, 6.07) is 2.26. The van der Waals surface area contributed by atoms with Crippen molar-refractivity contribution < 1.29 is 5.11 Å². The highest BCUT2D eigenvalue weighted by Gasteiger charge is 2.59. The third-order valence-corrected chi connectivity index (χ3v) is 8.70. The van der Waals surface area contributed by atoms with Crippen molar-refractivity contribution >= 4 is 0 Å². The van der Waals surface area contributed by atoms with Crippen molar-refractivity contribution in [2.24, 2.45) is 17.3 Å². The van der Waals surface area contributed by atoms with Crippen LogP contribution in [-0.2, 0) is 0 Å². The van der Waals surface area contributed by atoms with Gasteiger partial charge in [0.2, 0.25) is 0 Å². The molecule has 5 aliphatic rings. The summed E-state index contributed by atoms with van der Waals surface area (Å²) >= 11 is 0. The normalized spacial score (nSPS) is 40.7. The average molecular weight is 365 g/mol. The fourth-order valence-electron chi connectivity index (χ4n) is 7.04. The fourth-order valence-corrected chi connectivity index (χ4v) is 7.04. The molecule has 3 heteroatoms. The molecule has 4 atom stereocenters. The van der Waals surface area contributed by atoms with Gasteiger partial charge in [-0.25, -0.2) is 0 Å². The molecule has 1 heterocycles. The lowest BCUT2D eigenvalue weighted by Gasteiger charge is -2.50. The third kappa shape index (κ3) is 2.49. The number of allylic oxidation sites excluding steroid dienone is 6. The third-order valence-electron chi connectivity index (χ3n) is 8.70. The molecule has 0 aromatic heterocycles. The topological polar surface area (TPSA) is 47.3 Å². The Hall–Kier alpha value is -1.53. The molecule has 0 spiro atoms. The summed E-state index contributed by atoms with van der Waals surface area (Å²) in [5.74, 6) is 1.13. The van der Waals surface area contributed by atoms with Crippen molar-refractivity contribution in [3.8, 4) is 6.07 Å². The number of hydrogen-bond donors (Lipinski definition) is 1. The second kappa shape index (κ2) is 6.24. The number of aliphatic hydroxyl groups is 1. The Labute approximate surface area is 163 Å². The van der Waals surface area contributed by atoms with E-state index in [0.29, 0.717) is 11.8 Å². The van der Waals surface area contributed by atoms with Crippen molar-refractivity contribution in [2.45, 2.75) is 76.7 Å². The Balaban J connectivity index is 1.46. The van der Waals surface area contributed by atoms with Gasteiger partial charge in [0.15, 0.2) is 0 Å². The monoisotopic (exact) mass is 364 g/mol. The highest BCUT2D eigenvalue weighted by atomic mass is 16.3. The first-order chi connectivity index (χ1) is 13.1. The summed E-state index contributed by atoms with van der Waals surface area (Å²) in [5.41, 5.74) is 5.50. The lowest BCUT2D eigenvalue weighted by molar-refractivity contribution is -0.0748. The number of hydrogen-bond acceptors (Lipinski definition) is 3. The maximum absolute atomic E-state index is 11.2. The van der Waals surface area contributed by atoms with Crippen LogP contribution in [0.3, 0.4) is 0 Å². The molecule has 1 aliphatic heterocycles. The van der Waals surface area contributed by atoms with Gasteiger partial charge in [-0.05, 0) is 92.4 Å². The highest BCUT2D eigenvalue weighted by molar-refractivity contribution is 5.49. The largest absolute Gasteiger partial charge is 0.388 e. The SMILES string of the molecule is C[C@]12CC=C3C4=C(C=C(N5CCCC5)CC4)CC[C@H]3[C@@H]1CC[C@@]2(O)CC#N. The fraction of sp³-hybridized carbons (Fsp3) is 0.708. The van der Waals surface area contributed by atoms with Crippen LogP contribution in [0.15, 0.2) is 34.6 Å². The molecule has 144 valence electrons. The van der Waals surface area contributed by atoms with Crippen molar-refractivity contribution in [3.05, 3.63) is 34.6 Å². The average Bonchev–Trinajstić information content (AvgIpc) is 3.29. The van der Waals surface area contributed by atoms with Gasteiger partial charge in [-0.2, -0.15) is 5.26 Å². The van der Waals surface area contributed by atoms with E-state index in [0.717, 1.165) is 19.3 Å². The lowest BCUT2D eigenvalue weighted by Crippen LogP contribution is -2.48. The van der Waals surface area contributed by atoms with E-state index in [4.69, 9.17) is 0 Å². The number of fused-ring (bicyclic) bond motifs is 4. The van der Waals surface area contributed by atoms with E-state index in [1.165, 1.54) is 51.6 Å². The zero-order valence-corrected chi connectivity index (χ0v) is 16.6. The quantitative estimate of drug-likeness (QED) is 0.761. The summed E-state index contributed by atoms with van der Waals surface area (Å²) in [7, 11) is 0. The molecular formula is C24H32N2O. The zero-order valence-electron chi connectivity index (χ0n) is 16.6. The van der Waals surface area contributed by atoms with Crippen LogP contribution in [0.5, 0.6) is 0 Å². The van der Waals surface area contributed by atoms with Crippen LogP contribution in [0, 0.1) is 28.6 Å². The van der Waals surface area contributed by atoms with Crippen LogP contribution >= 0.6 is 0 Å². The minimum Gasteiger partial charge on any atom is -0.388 e. The highest BCUT2D eigenvalue weighted by Crippen LogP contribution is 2.63. The predicted octanol–water partition coefficient (Wildman–Crippen LogP) is 4.86. The van der Waals surface area contributed by atoms with E-state index in [9.17, 15) is 10.4 Å². The molecule has 5 rings (SSSR count). The summed E-state index contributed by atoms with van der Waals surface area (Å²) in [5, 5.41) is 20.5. The molecule has 0 bridgehead atoms. The van der Waals surface area contributed by atoms with Crippen LogP contribution in [0.25, 0.3) is 0 Å². The zero-order chi connectivity index (χ0) is 18.6. The van der Waals surface area contributed by atoms with Crippen molar-refractivity contribution in [2.75, 3.05) is 13.1 Å². The Morgan fingerprint density at radius 1 is 1.22 bits per heavy atom. The van der Waals surface area contributed by atoms with Gasteiger partial charge in [0, 0.05) is 24.2 Å². The molecule has 27 heavy (non-hydrogen) atoms. The first kappa shape index (κ1) is 17.6. The van der Waals surface area contributed by atoms with Crippen molar-refractivity contribution in [1.29, 1.82) is 5.26 Å². The van der Waals surface area contributed by atoms with E-state index in [-0.39, 0.29) is 11.8 Å².